The maximum Gasteiger partial charge on any atom is 0.231 e. The van der Waals surface area contributed by atoms with Crippen LogP contribution in [0, 0.1) is 6.92 Å². The van der Waals surface area contributed by atoms with Gasteiger partial charge in [0.1, 0.15) is 0 Å². The molecule has 0 aliphatic rings. The molecule has 108 valence electrons. The van der Waals surface area contributed by atoms with Crippen molar-refractivity contribution in [3.63, 3.8) is 0 Å². The second-order valence-corrected chi connectivity index (χ2v) is 5.17. The Bertz CT molecular complexity index is 564. The highest BCUT2D eigenvalue weighted by Gasteiger charge is 2.10. The second kappa shape index (κ2) is 6.51. The number of anilines is 3. The number of nitrogens with two attached hydrogens (primary N) is 1. The lowest BCUT2D eigenvalue weighted by Crippen LogP contribution is -2.25. The fraction of sp³-hybridized carbons (Fsp3) is 0.462. The zero-order chi connectivity index (χ0) is 14.5. The van der Waals surface area contributed by atoms with Gasteiger partial charge in [0.2, 0.25) is 17.8 Å². The molecule has 3 N–H and O–H groups in total. The molecule has 0 spiro atoms. The highest BCUT2D eigenvalue weighted by atomic mass is 32.1. The van der Waals surface area contributed by atoms with E-state index in [1.807, 2.05) is 4.90 Å². The first kappa shape index (κ1) is 14.5. The molecule has 7 heteroatoms. The van der Waals surface area contributed by atoms with Crippen molar-refractivity contribution in [1.29, 1.82) is 0 Å². The van der Waals surface area contributed by atoms with Crippen molar-refractivity contribution in [2.24, 2.45) is 0 Å². The Morgan fingerprint density at radius 3 is 2.55 bits per heavy atom. The zero-order valence-corrected chi connectivity index (χ0v) is 12.9. The quantitative estimate of drug-likeness (QED) is 0.850. The molecular weight excluding hydrogens is 272 g/mol. The van der Waals surface area contributed by atoms with Crippen LogP contribution in [0.4, 0.5) is 17.8 Å². The maximum atomic E-state index is 5.76. The lowest BCUT2D eigenvalue weighted by atomic mass is 10.2. The predicted octanol–water partition coefficient (Wildman–Crippen LogP) is 2.28. The van der Waals surface area contributed by atoms with Crippen LogP contribution in [0.2, 0.25) is 0 Å². The largest absolute Gasteiger partial charge is 0.368 e. The third-order valence-electron chi connectivity index (χ3n) is 3.09. The highest BCUT2D eigenvalue weighted by molar-refractivity contribution is 7.08. The number of hydrogen-bond acceptors (Lipinski definition) is 7. The zero-order valence-electron chi connectivity index (χ0n) is 12.1. The molecule has 0 saturated carbocycles. The summed E-state index contributed by atoms with van der Waals surface area (Å²) in [6.07, 6.45) is 0. The van der Waals surface area contributed by atoms with Gasteiger partial charge in [0.05, 0.1) is 0 Å². The van der Waals surface area contributed by atoms with Gasteiger partial charge in [0, 0.05) is 19.6 Å². The van der Waals surface area contributed by atoms with Gasteiger partial charge >= 0.3 is 0 Å². The Hall–Kier alpha value is -1.89. The molecule has 0 aliphatic heterocycles. The number of rotatable bonds is 6. The summed E-state index contributed by atoms with van der Waals surface area (Å²) in [6.45, 7) is 8.58. The van der Waals surface area contributed by atoms with Gasteiger partial charge in [-0.25, -0.2) is 0 Å². The van der Waals surface area contributed by atoms with Crippen LogP contribution < -0.4 is 16.0 Å². The Labute approximate surface area is 123 Å². The Morgan fingerprint density at radius 1 is 1.20 bits per heavy atom. The van der Waals surface area contributed by atoms with Gasteiger partial charge in [-0.3, -0.25) is 0 Å². The van der Waals surface area contributed by atoms with Gasteiger partial charge in [-0.2, -0.15) is 26.3 Å². The van der Waals surface area contributed by atoms with Crippen molar-refractivity contribution in [2.75, 3.05) is 29.0 Å². The van der Waals surface area contributed by atoms with Crippen LogP contribution >= 0.6 is 11.3 Å². The van der Waals surface area contributed by atoms with Gasteiger partial charge in [-0.1, -0.05) is 0 Å². The van der Waals surface area contributed by atoms with Crippen LogP contribution in [0.25, 0.3) is 0 Å². The summed E-state index contributed by atoms with van der Waals surface area (Å²) in [6, 6.07) is 0. The summed E-state index contributed by atoms with van der Waals surface area (Å²) in [5, 5.41) is 7.46. The number of aryl methyl sites for hydroxylation is 1. The number of hydrogen-bond donors (Lipinski definition) is 2. The summed E-state index contributed by atoms with van der Waals surface area (Å²) in [7, 11) is 0. The van der Waals surface area contributed by atoms with Crippen LogP contribution in [-0.4, -0.2) is 28.0 Å². The van der Waals surface area contributed by atoms with Crippen LogP contribution in [0.3, 0.4) is 0 Å². The predicted molar refractivity (Wildman–Crippen MR) is 84.2 cm³/mol. The van der Waals surface area contributed by atoms with Crippen molar-refractivity contribution in [2.45, 2.75) is 27.3 Å². The van der Waals surface area contributed by atoms with Crippen molar-refractivity contribution >= 4 is 29.2 Å². The average Bonchev–Trinajstić information content (AvgIpc) is 2.83. The highest BCUT2D eigenvalue weighted by Crippen LogP contribution is 2.16. The van der Waals surface area contributed by atoms with Crippen LogP contribution in [-0.2, 0) is 6.54 Å². The third kappa shape index (κ3) is 3.36. The van der Waals surface area contributed by atoms with Gasteiger partial charge in [0.15, 0.2) is 0 Å². The molecule has 0 aromatic carbocycles. The first-order chi connectivity index (χ1) is 9.63. The molecule has 0 unspecified atom stereocenters. The van der Waals surface area contributed by atoms with E-state index in [1.165, 1.54) is 11.1 Å². The van der Waals surface area contributed by atoms with E-state index >= 15 is 0 Å². The van der Waals surface area contributed by atoms with E-state index in [9.17, 15) is 0 Å². The van der Waals surface area contributed by atoms with Crippen molar-refractivity contribution in [3.8, 4) is 0 Å². The van der Waals surface area contributed by atoms with Gasteiger partial charge < -0.3 is 16.0 Å². The molecule has 0 aliphatic carbocycles. The van der Waals surface area contributed by atoms with E-state index in [0.29, 0.717) is 18.4 Å². The minimum atomic E-state index is 0.242. The average molecular weight is 292 g/mol. The second-order valence-electron chi connectivity index (χ2n) is 4.42. The Balaban J connectivity index is 2.13. The summed E-state index contributed by atoms with van der Waals surface area (Å²) in [5.74, 6) is 1.38. The number of thiophene rings is 1. The summed E-state index contributed by atoms with van der Waals surface area (Å²) < 4.78 is 0. The van der Waals surface area contributed by atoms with Gasteiger partial charge in [-0.05, 0) is 42.7 Å². The van der Waals surface area contributed by atoms with Crippen molar-refractivity contribution in [3.05, 3.63) is 21.9 Å². The third-order valence-corrected chi connectivity index (χ3v) is 4.00. The number of nitrogens with zero attached hydrogens (tertiary/aromatic N) is 4. The molecule has 0 bridgehead atoms. The molecule has 0 amide bonds. The minimum absolute atomic E-state index is 0.242. The number of nitrogen functional groups attached to an aromatic ring is 1. The summed E-state index contributed by atoms with van der Waals surface area (Å²) in [5.41, 5.74) is 8.28. The molecule has 2 rings (SSSR count). The smallest absolute Gasteiger partial charge is 0.231 e. The lowest BCUT2D eigenvalue weighted by molar-refractivity contribution is 0.814. The van der Waals surface area contributed by atoms with Crippen molar-refractivity contribution < 1.29 is 0 Å². The fourth-order valence-corrected chi connectivity index (χ4v) is 2.71. The van der Waals surface area contributed by atoms with E-state index in [2.05, 4.69) is 51.8 Å². The molecular formula is C13H20N6S. The van der Waals surface area contributed by atoms with Crippen LogP contribution in [0.5, 0.6) is 0 Å². The summed E-state index contributed by atoms with van der Waals surface area (Å²) in [4.78, 5) is 14.8. The molecule has 20 heavy (non-hydrogen) atoms. The fourth-order valence-electron chi connectivity index (χ4n) is 1.85. The topological polar surface area (TPSA) is 80.0 Å². The number of aromatic nitrogens is 3. The Morgan fingerprint density at radius 2 is 1.95 bits per heavy atom. The van der Waals surface area contributed by atoms with Crippen LogP contribution in [0.1, 0.15) is 25.0 Å². The van der Waals surface area contributed by atoms with Gasteiger partial charge in [0.25, 0.3) is 0 Å². The molecule has 6 nitrogen and oxygen atoms in total. The summed E-state index contributed by atoms with van der Waals surface area (Å²) >= 11 is 1.69. The first-order valence-electron chi connectivity index (χ1n) is 6.66. The Kier molecular flexibility index (Phi) is 4.73. The normalized spacial score (nSPS) is 10.6. The molecule has 0 radical (unpaired) electrons. The molecule has 2 heterocycles. The van der Waals surface area contributed by atoms with E-state index < -0.39 is 0 Å². The first-order valence-corrected chi connectivity index (χ1v) is 7.60. The van der Waals surface area contributed by atoms with Gasteiger partial charge in [-0.15, -0.1) is 0 Å². The monoisotopic (exact) mass is 292 g/mol. The molecule has 0 saturated heterocycles. The minimum Gasteiger partial charge on any atom is -0.368 e. The maximum absolute atomic E-state index is 5.76. The van der Waals surface area contributed by atoms with Crippen molar-refractivity contribution in [1.82, 2.24) is 15.0 Å². The molecule has 2 aromatic rings. The molecule has 2 aromatic heterocycles. The molecule has 0 atom stereocenters. The number of nitrogens with one attached hydrogen (secondary N) is 1. The van der Waals surface area contributed by atoms with Crippen LogP contribution in [0.15, 0.2) is 10.8 Å². The van der Waals surface area contributed by atoms with E-state index in [4.69, 9.17) is 5.73 Å². The lowest BCUT2D eigenvalue weighted by Gasteiger charge is -2.19. The standard InChI is InChI=1S/C13H20N6S/c1-4-19(5-2)13-17-11(14)16-12(18-13)15-6-10-8-20-7-9(10)3/h7-8H,4-6H2,1-3H3,(H3,14,15,16,17,18). The SMILES string of the molecule is CCN(CC)c1nc(N)nc(NCc2cscc2C)n1. The molecule has 0 fully saturated rings. The van der Waals surface area contributed by atoms with E-state index in [1.54, 1.807) is 11.3 Å². The van der Waals surface area contributed by atoms with E-state index in [-0.39, 0.29) is 5.95 Å². The van der Waals surface area contributed by atoms with E-state index in [0.717, 1.165) is 13.1 Å².